The fourth-order valence-electron chi connectivity index (χ4n) is 4.71. The van der Waals surface area contributed by atoms with Crippen molar-refractivity contribution in [2.45, 2.75) is 71.1 Å². The number of anilines is 1. The molecule has 2 fully saturated rings. The average Bonchev–Trinajstić information content (AvgIpc) is 3.50. The Kier molecular flexibility index (Phi) is 10.2. The molecular formula is C33H39BF2N2O5. The van der Waals surface area contributed by atoms with Crippen molar-refractivity contribution in [2.75, 3.05) is 18.5 Å². The van der Waals surface area contributed by atoms with Crippen molar-refractivity contribution in [1.29, 1.82) is 0 Å². The first-order valence-electron chi connectivity index (χ1n) is 14.6. The van der Waals surface area contributed by atoms with Gasteiger partial charge >= 0.3 is 13.2 Å². The van der Waals surface area contributed by atoms with Crippen LogP contribution in [0.25, 0.3) is 0 Å². The molecule has 0 bridgehead atoms. The van der Waals surface area contributed by atoms with Gasteiger partial charge in [-0.3, -0.25) is 4.79 Å². The van der Waals surface area contributed by atoms with E-state index in [1.165, 1.54) is 29.8 Å². The summed E-state index contributed by atoms with van der Waals surface area (Å²) < 4.78 is 42.8. The van der Waals surface area contributed by atoms with Gasteiger partial charge in [0.15, 0.2) is 0 Å². The molecule has 3 aromatic carbocycles. The molecule has 0 radical (unpaired) electrons. The zero-order valence-electron chi connectivity index (χ0n) is 25.4. The molecule has 1 N–H and O–H groups in total. The SMILES string of the molecule is CC1(C)OB(c2ccc([C@H](CC(=O)N3CCOC3=O)Nc3ccc(F)cc3)cc2)OC1(C)C.CCCc1ccc(F)cc1. The Morgan fingerprint density at radius 2 is 1.47 bits per heavy atom. The molecule has 43 heavy (non-hydrogen) atoms. The monoisotopic (exact) mass is 592 g/mol. The van der Waals surface area contributed by atoms with Crippen molar-refractivity contribution < 1.29 is 32.4 Å². The van der Waals surface area contributed by atoms with Crippen LogP contribution in [0.15, 0.2) is 72.8 Å². The van der Waals surface area contributed by atoms with Crippen LogP contribution >= 0.6 is 0 Å². The van der Waals surface area contributed by atoms with Crippen LogP contribution in [0.5, 0.6) is 0 Å². The predicted molar refractivity (Wildman–Crippen MR) is 163 cm³/mol. The second kappa shape index (κ2) is 13.7. The molecule has 0 aliphatic carbocycles. The summed E-state index contributed by atoms with van der Waals surface area (Å²) in [5.74, 6) is -0.841. The maximum absolute atomic E-state index is 13.3. The highest BCUT2D eigenvalue weighted by atomic mass is 19.1. The predicted octanol–water partition coefficient (Wildman–Crippen LogP) is 6.43. The van der Waals surface area contributed by atoms with E-state index in [-0.39, 0.29) is 37.1 Å². The Bertz CT molecular complexity index is 1370. The van der Waals surface area contributed by atoms with E-state index >= 15 is 0 Å². The van der Waals surface area contributed by atoms with Gasteiger partial charge in [0, 0.05) is 5.69 Å². The van der Waals surface area contributed by atoms with E-state index in [0.29, 0.717) is 5.69 Å². The van der Waals surface area contributed by atoms with Crippen molar-refractivity contribution >= 4 is 30.3 Å². The standard InChI is InChI=1S/C24H28BFN2O5.C9H11F/c1-23(2)24(3,4)33-25(32-23)17-7-5-16(6-8-17)20(27-19-11-9-18(26)10-12-19)15-21(29)28-13-14-31-22(28)30;1-2-3-8-4-6-9(10)7-5-8/h5-12,20,27H,13-15H2,1-4H3;4-7H,2-3H2,1H3/t20-;/m0./s1. The minimum absolute atomic E-state index is 0.0301. The Morgan fingerprint density at radius 3 is 1.98 bits per heavy atom. The summed E-state index contributed by atoms with van der Waals surface area (Å²) in [6.45, 7) is 10.5. The number of ether oxygens (including phenoxy) is 1. The van der Waals surface area contributed by atoms with Crippen molar-refractivity contribution in [3.05, 3.63) is 95.6 Å². The zero-order chi connectivity index (χ0) is 31.2. The minimum atomic E-state index is -0.628. The molecule has 5 rings (SSSR count). The summed E-state index contributed by atoms with van der Waals surface area (Å²) in [6, 6.07) is 19.8. The molecule has 10 heteroatoms. The molecule has 2 aliphatic rings. The normalized spacial score (nSPS) is 17.6. The summed E-state index contributed by atoms with van der Waals surface area (Å²) in [4.78, 5) is 25.7. The number of carbonyl (C=O) groups is 2. The van der Waals surface area contributed by atoms with Gasteiger partial charge in [-0.05, 0) is 87.1 Å². The van der Waals surface area contributed by atoms with E-state index in [9.17, 15) is 18.4 Å². The van der Waals surface area contributed by atoms with Crippen LogP contribution in [0.1, 0.15) is 64.6 Å². The van der Waals surface area contributed by atoms with Crippen LogP contribution in [0, 0.1) is 11.6 Å². The average molecular weight is 592 g/mol. The Morgan fingerprint density at radius 1 is 0.907 bits per heavy atom. The highest BCUT2D eigenvalue weighted by Gasteiger charge is 2.51. The third-order valence-corrected chi connectivity index (χ3v) is 7.94. The lowest BCUT2D eigenvalue weighted by molar-refractivity contribution is -0.128. The molecule has 0 unspecified atom stereocenters. The van der Waals surface area contributed by atoms with Gasteiger partial charge in [-0.25, -0.2) is 18.5 Å². The first-order valence-corrected chi connectivity index (χ1v) is 14.6. The van der Waals surface area contributed by atoms with Gasteiger partial charge in [-0.15, -0.1) is 0 Å². The van der Waals surface area contributed by atoms with Gasteiger partial charge in [0.2, 0.25) is 5.91 Å². The third kappa shape index (κ3) is 8.21. The van der Waals surface area contributed by atoms with Gasteiger partial charge in [-0.1, -0.05) is 49.7 Å². The second-order valence-corrected chi connectivity index (χ2v) is 11.7. The number of benzene rings is 3. The number of cyclic esters (lactones) is 1. The van der Waals surface area contributed by atoms with Gasteiger partial charge in [-0.2, -0.15) is 0 Å². The molecule has 7 nitrogen and oxygen atoms in total. The number of halogens is 2. The first kappa shape index (κ1) is 32.2. The highest BCUT2D eigenvalue weighted by Crippen LogP contribution is 2.36. The summed E-state index contributed by atoms with van der Waals surface area (Å²) >= 11 is 0. The minimum Gasteiger partial charge on any atom is -0.447 e. The van der Waals surface area contributed by atoms with E-state index in [0.717, 1.165) is 28.8 Å². The number of hydrogen-bond acceptors (Lipinski definition) is 6. The Balaban J connectivity index is 0.000000359. The van der Waals surface area contributed by atoms with Crippen molar-refractivity contribution in [1.82, 2.24) is 4.90 Å². The number of rotatable bonds is 8. The molecule has 2 saturated heterocycles. The summed E-state index contributed by atoms with van der Waals surface area (Å²) in [6.07, 6.45) is 1.56. The van der Waals surface area contributed by atoms with Crippen LogP contribution in [0.4, 0.5) is 19.3 Å². The van der Waals surface area contributed by atoms with Crippen LogP contribution in [0.2, 0.25) is 0 Å². The summed E-state index contributed by atoms with van der Waals surface area (Å²) in [5, 5.41) is 3.28. The fourth-order valence-corrected chi connectivity index (χ4v) is 4.71. The largest absolute Gasteiger partial charge is 0.494 e. The maximum Gasteiger partial charge on any atom is 0.494 e. The number of nitrogens with zero attached hydrogens (tertiary/aromatic N) is 1. The highest BCUT2D eigenvalue weighted by molar-refractivity contribution is 6.62. The topological polar surface area (TPSA) is 77.1 Å². The van der Waals surface area contributed by atoms with Gasteiger partial charge in [0.05, 0.1) is 30.2 Å². The molecule has 3 aromatic rings. The van der Waals surface area contributed by atoms with E-state index in [1.54, 1.807) is 12.1 Å². The quantitative estimate of drug-likeness (QED) is 0.304. The van der Waals surface area contributed by atoms with E-state index in [2.05, 4.69) is 12.2 Å². The van der Waals surface area contributed by atoms with Crippen molar-refractivity contribution in [3.63, 3.8) is 0 Å². The zero-order valence-corrected chi connectivity index (χ0v) is 25.4. The lowest BCUT2D eigenvalue weighted by Crippen LogP contribution is -2.41. The molecule has 0 spiro atoms. The van der Waals surface area contributed by atoms with Gasteiger partial charge in [0.25, 0.3) is 0 Å². The number of nitrogens with one attached hydrogen (secondary N) is 1. The molecule has 0 aromatic heterocycles. The van der Waals surface area contributed by atoms with Crippen molar-refractivity contribution in [2.24, 2.45) is 0 Å². The lowest BCUT2D eigenvalue weighted by Gasteiger charge is -2.32. The van der Waals surface area contributed by atoms with Gasteiger partial charge < -0.3 is 19.4 Å². The van der Waals surface area contributed by atoms with Crippen LogP contribution in [-0.2, 0) is 25.3 Å². The molecule has 2 amide bonds. The number of amides is 2. The second-order valence-electron chi connectivity index (χ2n) is 11.7. The Labute approximate surface area is 252 Å². The molecule has 1 atom stereocenters. The number of hydrogen-bond donors (Lipinski definition) is 1. The molecule has 2 aliphatic heterocycles. The molecule has 0 saturated carbocycles. The van der Waals surface area contributed by atoms with E-state index in [4.69, 9.17) is 14.0 Å². The summed E-state index contributed by atoms with van der Waals surface area (Å²) in [7, 11) is -0.492. The number of carbonyl (C=O) groups excluding carboxylic acids is 2. The first-order chi connectivity index (χ1) is 20.4. The maximum atomic E-state index is 13.3. The number of imide groups is 1. The van der Waals surface area contributed by atoms with Crippen LogP contribution < -0.4 is 10.8 Å². The smallest absolute Gasteiger partial charge is 0.447 e. The lowest BCUT2D eigenvalue weighted by atomic mass is 9.78. The number of aryl methyl sites for hydroxylation is 1. The van der Waals surface area contributed by atoms with Crippen LogP contribution in [-0.4, -0.2) is 48.4 Å². The van der Waals surface area contributed by atoms with E-state index in [1.807, 2.05) is 64.1 Å². The third-order valence-electron chi connectivity index (χ3n) is 7.94. The molecule has 2 heterocycles. The Hall–Kier alpha value is -3.76. The molecular weight excluding hydrogens is 553 g/mol. The fraction of sp³-hybridized carbons (Fsp3) is 0.394. The van der Waals surface area contributed by atoms with Gasteiger partial charge in [0.1, 0.15) is 18.2 Å². The summed E-state index contributed by atoms with van der Waals surface area (Å²) in [5.41, 5.74) is 2.68. The van der Waals surface area contributed by atoms with E-state index < -0.39 is 30.5 Å². The molecule has 228 valence electrons. The van der Waals surface area contributed by atoms with Crippen LogP contribution in [0.3, 0.4) is 0 Å². The van der Waals surface area contributed by atoms with Crippen molar-refractivity contribution in [3.8, 4) is 0 Å².